The molecule has 0 saturated carbocycles. The minimum absolute atomic E-state index is 0.0336. The third-order valence-electron chi connectivity index (χ3n) is 4.47. The number of benzene rings is 3. The summed E-state index contributed by atoms with van der Waals surface area (Å²) in [5, 5.41) is 0.754. The molecule has 0 amide bonds. The maximum atomic E-state index is 12.4. The number of nitrogens with zero attached hydrogens (tertiary/aromatic N) is 1. The lowest BCUT2D eigenvalue weighted by molar-refractivity contribution is -0.130. The predicted octanol–water partition coefficient (Wildman–Crippen LogP) is 6.72. The zero-order valence-corrected chi connectivity index (χ0v) is 19.9. The van der Waals surface area contributed by atoms with Crippen LogP contribution in [0.5, 0.6) is 5.75 Å². The van der Waals surface area contributed by atoms with E-state index in [2.05, 4.69) is 20.9 Å². The van der Waals surface area contributed by atoms with Crippen LogP contribution in [0.1, 0.15) is 16.7 Å². The first-order valence-corrected chi connectivity index (χ1v) is 11.2. The van der Waals surface area contributed by atoms with Crippen molar-refractivity contribution in [1.29, 1.82) is 0 Å². The number of esters is 2. The van der Waals surface area contributed by atoms with Gasteiger partial charge in [0.1, 0.15) is 5.75 Å². The summed E-state index contributed by atoms with van der Waals surface area (Å²) in [6, 6.07) is 19.2. The number of carbonyl (C=O) groups excluding carboxylic acids is 2. The van der Waals surface area contributed by atoms with Gasteiger partial charge in [0, 0.05) is 21.1 Å². The van der Waals surface area contributed by atoms with Crippen molar-refractivity contribution in [1.82, 2.24) is 0 Å². The highest BCUT2D eigenvalue weighted by Crippen LogP contribution is 2.30. The van der Waals surface area contributed by atoms with Gasteiger partial charge in [-0.2, -0.15) is 0 Å². The summed E-state index contributed by atoms with van der Waals surface area (Å²) in [4.78, 5) is 29.0. The highest BCUT2D eigenvalue weighted by atomic mass is 79.9. The molecule has 1 aliphatic heterocycles. The van der Waals surface area contributed by atoms with E-state index in [1.807, 2.05) is 30.3 Å². The molecule has 8 heteroatoms. The summed E-state index contributed by atoms with van der Waals surface area (Å²) >= 11 is 15.5. The van der Waals surface area contributed by atoms with Crippen LogP contribution in [-0.4, -0.2) is 17.8 Å². The number of halogens is 3. The molecular weight excluding hydrogens is 529 g/mol. The van der Waals surface area contributed by atoms with Crippen molar-refractivity contribution in [3.63, 3.8) is 0 Å². The van der Waals surface area contributed by atoms with Crippen LogP contribution in [0.25, 0.3) is 12.2 Å². The molecule has 0 aliphatic carbocycles. The normalized spacial score (nSPS) is 14.5. The lowest BCUT2D eigenvalue weighted by atomic mass is 10.1. The molecule has 33 heavy (non-hydrogen) atoms. The van der Waals surface area contributed by atoms with Crippen LogP contribution in [0.2, 0.25) is 10.0 Å². The van der Waals surface area contributed by atoms with Gasteiger partial charge in [-0.05, 0) is 54.1 Å². The Bertz CT molecular complexity index is 1330. The molecule has 3 aromatic rings. The highest BCUT2D eigenvalue weighted by molar-refractivity contribution is 9.10. The Morgan fingerprint density at radius 3 is 2.58 bits per heavy atom. The Morgan fingerprint density at radius 1 is 1.03 bits per heavy atom. The Kier molecular flexibility index (Phi) is 7.08. The molecule has 3 aromatic carbocycles. The van der Waals surface area contributed by atoms with Gasteiger partial charge in [-0.15, -0.1) is 0 Å². The third kappa shape index (κ3) is 5.79. The van der Waals surface area contributed by atoms with Crippen molar-refractivity contribution in [2.24, 2.45) is 4.99 Å². The van der Waals surface area contributed by atoms with Crippen molar-refractivity contribution in [2.75, 3.05) is 0 Å². The molecule has 4 rings (SSSR count). The highest BCUT2D eigenvalue weighted by Gasteiger charge is 2.26. The number of cyclic esters (lactones) is 1. The number of ether oxygens (including phenoxy) is 2. The summed E-state index contributed by atoms with van der Waals surface area (Å²) in [5.74, 6) is -0.897. The second-order valence-corrected chi connectivity index (χ2v) is 8.57. The second-order valence-electron chi connectivity index (χ2n) is 6.81. The minimum Gasteiger partial charge on any atom is -0.423 e. The van der Waals surface area contributed by atoms with Gasteiger partial charge in [0.25, 0.3) is 0 Å². The van der Waals surface area contributed by atoms with Gasteiger partial charge in [-0.1, -0.05) is 69.5 Å². The zero-order valence-electron chi connectivity index (χ0n) is 16.8. The van der Waals surface area contributed by atoms with Gasteiger partial charge in [0.15, 0.2) is 5.70 Å². The van der Waals surface area contributed by atoms with Crippen molar-refractivity contribution >= 4 is 69.1 Å². The molecule has 1 aliphatic rings. The van der Waals surface area contributed by atoms with Crippen LogP contribution in [0.15, 0.2) is 88.0 Å². The molecule has 164 valence electrons. The van der Waals surface area contributed by atoms with E-state index in [0.717, 1.165) is 10.0 Å². The molecule has 1 heterocycles. The fourth-order valence-corrected chi connectivity index (χ4v) is 3.80. The Hall–Kier alpha value is -3.19. The van der Waals surface area contributed by atoms with Crippen molar-refractivity contribution in [3.05, 3.63) is 110 Å². The molecule has 0 spiro atoms. The molecule has 0 bridgehead atoms. The molecule has 0 radical (unpaired) electrons. The van der Waals surface area contributed by atoms with Crippen LogP contribution in [0.3, 0.4) is 0 Å². The molecule has 0 saturated heterocycles. The van der Waals surface area contributed by atoms with Gasteiger partial charge < -0.3 is 9.47 Å². The lowest BCUT2D eigenvalue weighted by Gasteiger charge is -2.06. The smallest absolute Gasteiger partial charge is 0.363 e. The maximum Gasteiger partial charge on any atom is 0.363 e. The summed E-state index contributed by atoms with van der Waals surface area (Å²) in [6.45, 7) is 0. The van der Waals surface area contributed by atoms with E-state index in [1.165, 1.54) is 18.2 Å². The van der Waals surface area contributed by atoms with Gasteiger partial charge in [0.05, 0.1) is 10.6 Å². The first-order chi connectivity index (χ1) is 15.9. The van der Waals surface area contributed by atoms with Crippen molar-refractivity contribution < 1.29 is 19.1 Å². The minimum atomic E-state index is -0.655. The van der Waals surface area contributed by atoms with Crippen molar-refractivity contribution in [3.8, 4) is 5.75 Å². The number of aliphatic imine (C=N–C) groups is 1. The maximum absolute atomic E-state index is 12.4. The topological polar surface area (TPSA) is 65.0 Å². The average molecular weight is 543 g/mol. The van der Waals surface area contributed by atoms with Gasteiger partial charge in [0.2, 0.25) is 5.90 Å². The van der Waals surface area contributed by atoms with Gasteiger partial charge >= 0.3 is 11.9 Å². The third-order valence-corrected chi connectivity index (χ3v) is 5.51. The molecule has 0 unspecified atom stereocenters. The fourth-order valence-electron chi connectivity index (χ4n) is 2.93. The first-order valence-electron chi connectivity index (χ1n) is 9.61. The summed E-state index contributed by atoms with van der Waals surface area (Å²) in [5.41, 5.74) is 1.80. The average Bonchev–Trinajstić information content (AvgIpc) is 3.14. The number of hydrogen-bond acceptors (Lipinski definition) is 5. The van der Waals surface area contributed by atoms with Crippen LogP contribution in [0.4, 0.5) is 0 Å². The largest absolute Gasteiger partial charge is 0.423 e. The first kappa shape index (κ1) is 23.0. The van der Waals surface area contributed by atoms with E-state index >= 15 is 0 Å². The van der Waals surface area contributed by atoms with E-state index in [0.29, 0.717) is 21.2 Å². The van der Waals surface area contributed by atoms with E-state index in [9.17, 15) is 9.59 Å². The Balaban J connectivity index is 1.60. The van der Waals surface area contributed by atoms with E-state index in [-0.39, 0.29) is 17.3 Å². The Labute approximate surface area is 208 Å². The molecule has 5 nitrogen and oxygen atoms in total. The number of rotatable bonds is 5. The van der Waals surface area contributed by atoms with Crippen LogP contribution >= 0.6 is 39.1 Å². The van der Waals surface area contributed by atoms with Gasteiger partial charge in [-0.25, -0.2) is 14.6 Å². The molecular formula is C25H14BrCl2NO4. The Morgan fingerprint density at radius 2 is 1.82 bits per heavy atom. The monoisotopic (exact) mass is 541 g/mol. The van der Waals surface area contributed by atoms with Crippen molar-refractivity contribution in [2.45, 2.75) is 0 Å². The van der Waals surface area contributed by atoms with E-state index < -0.39 is 11.9 Å². The van der Waals surface area contributed by atoms with E-state index in [4.69, 9.17) is 32.7 Å². The summed E-state index contributed by atoms with van der Waals surface area (Å²) < 4.78 is 11.5. The van der Waals surface area contributed by atoms with Crippen LogP contribution < -0.4 is 4.74 Å². The van der Waals surface area contributed by atoms with Crippen LogP contribution in [0, 0.1) is 0 Å². The van der Waals surface area contributed by atoms with E-state index in [1.54, 1.807) is 36.4 Å². The number of hydrogen-bond donors (Lipinski definition) is 0. The number of carbonyl (C=O) groups is 2. The van der Waals surface area contributed by atoms with Crippen LogP contribution in [-0.2, 0) is 14.3 Å². The molecule has 0 aromatic heterocycles. The molecule has 0 atom stereocenters. The standard InChI is InChI=1S/C25H14BrCl2NO4/c26-17-7-10-22(32-23(30)11-6-15-4-2-1-3-5-15)16(12-17)13-21-25(31)33-24(29-21)19-9-8-18(27)14-20(19)28/h1-14H/b11-6+,21-13+. The molecule has 0 N–H and O–H groups in total. The lowest BCUT2D eigenvalue weighted by Crippen LogP contribution is -2.06. The molecule has 0 fully saturated rings. The summed E-state index contributed by atoms with van der Waals surface area (Å²) in [7, 11) is 0. The predicted molar refractivity (Wildman–Crippen MR) is 132 cm³/mol. The quantitative estimate of drug-likeness (QED) is 0.204. The summed E-state index contributed by atoms with van der Waals surface area (Å²) in [6.07, 6.45) is 4.46. The van der Waals surface area contributed by atoms with Gasteiger partial charge in [-0.3, -0.25) is 0 Å². The fraction of sp³-hybridized carbons (Fsp3) is 0. The SMILES string of the molecule is O=C(/C=C/c1ccccc1)Oc1ccc(Br)cc1/C=C1/N=C(c2ccc(Cl)cc2Cl)OC1=O. The second kappa shape index (κ2) is 10.2. The zero-order chi connectivity index (χ0) is 23.4.